The van der Waals surface area contributed by atoms with Gasteiger partial charge in [0, 0.05) is 18.7 Å². The maximum absolute atomic E-state index is 12.1. The Morgan fingerprint density at radius 2 is 1.92 bits per heavy atom. The third kappa shape index (κ3) is 4.24. The molecule has 2 rings (SSSR count). The summed E-state index contributed by atoms with van der Waals surface area (Å²) in [5.41, 5.74) is 0.435. The van der Waals surface area contributed by atoms with Gasteiger partial charge in [-0.2, -0.15) is 0 Å². The molecule has 0 aromatic heterocycles. The second-order valence-electron chi connectivity index (χ2n) is 5.86. The molecule has 0 aliphatic carbocycles. The van der Waals surface area contributed by atoms with Gasteiger partial charge in [-0.3, -0.25) is 14.4 Å². The van der Waals surface area contributed by atoms with Crippen LogP contribution in [0, 0.1) is 11.8 Å². The molecule has 2 N–H and O–H groups in total. The topological polar surface area (TPSA) is 95.9 Å². The van der Waals surface area contributed by atoms with Crippen LogP contribution in [-0.2, 0) is 9.59 Å². The largest absolute Gasteiger partial charge is 0.494 e. The van der Waals surface area contributed by atoms with Crippen LogP contribution in [0.15, 0.2) is 24.3 Å². The Hall–Kier alpha value is -2.57. The second kappa shape index (κ2) is 7.81. The van der Waals surface area contributed by atoms with Gasteiger partial charge < -0.3 is 20.1 Å². The van der Waals surface area contributed by atoms with Gasteiger partial charge in [0.2, 0.25) is 5.91 Å². The minimum Gasteiger partial charge on any atom is -0.494 e. The van der Waals surface area contributed by atoms with Gasteiger partial charge in [0.05, 0.1) is 19.1 Å². The molecule has 7 nitrogen and oxygen atoms in total. The van der Waals surface area contributed by atoms with Crippen LogP contribution in [-0.4, -0.2) is 54.0 Å². The first-order chi connectivity index (χ1) is 11.4. The maximum atomic E-state index is 12.1. The van der Waals surface area contributed by atoms with Crippen molar-refractivity contribution >= 4 is 17.8 Å². The van der Waals surface area contributed by atoms with E-state index in [1.54, 1.807) is 24.3 Å². The molecule has 0 saturated carbocycles. The maximum Gasteiger partial charge on any atom is 0.308 e. The number of nitrogens with zero attached hydrogens (tertiary/aromatic N) is 1. The van der Waals surface area contributed by atoms with Crippen LogP contribution in [0.4, 0.5) is 0 Å². The van der Waals surface area contributed by atoms with E-state index in [2.05, 4.69) is 5.32 Å². The van der Waals surface area contributed by atoms with Crippen molar-refractivity contribution in [1.29, 1.82) is 0 Å². The molecule has 0 spiro atoms. The molecule has 1 saturated heterocycles. The first-order valence-electron chi connectivity index (χ1n) is 7.94. The third-order valence-corrected chi connectivity index (χ3v) is 4.11. The molecule has 1 aliphatic heterocycles. The molecule has 0 radical (unpaired) electrons. The molecule has 0 bridgehead atoms. The van der Waals surface area contributed by atoms with Gasteiger partial charge in [-0.15, -0.1) is 0 Å². The zero-order valence-electron chi connectivity index (χ0n) is 13.8. The number of aliphatic carboxylic acids is 1. The summed E-state index contributed by atoms with van der Waals surface area (Å²) in [7, 11) is 0. The number of benzene rings is 1. The normalized spacial score (nSPS) is 19.8. The first-order valence-corrected chi connectivity index (χ1v) is 7.94. The van der Waals surface area contributed by atoms with Gasteiger partial charge in [0.25, 0.3) is 5.91 Å². The number of carboxylic acids is 1. The van der Waals surface area contributed by atoms with E-state index in [9.17, 15) is 14.4 Å². The number of carbonyl (C=O) groups excluding carboxylic acids is 2. The second-order valence-corrected chi connectivity index (χ2v) is 5.86. The lowest BCUT2D eigenvalue weighted by Crippen LogP contribution is -2.39. The van der Waals surface area contributed by atoms with Crippen molar-refractivity contribution in [2.24, 2.45) is 11.8 Å². The van der Waals surface area contributed by atoms with Crippen LogP contribution in [0.3, 0.4) is 0 Å². The summed E-state index contributed by atoms with van der Waals surface area (Å²) in [4.78, 5) is 36.8. The van der Waals surface area contributed by atoms with Crippen molar-refractivity contribution in [3.05, 3.63) is 29.8 Å². The smallest absolute Gasteiger partial charge is 0.308 e. The molecule has 2 atom stereocenters. The summed E-state index contributed by atoms with van der Waals surface area (Å²) in [5, 5.41) is 11.7. The first kappa shape index (κ1) is 17.8. The average molecular weight is 334 g/mol. The number of nitrogens with one attached hydrogen (secondary N) is 1. The van der Waals surface area contributed by atoms with Crippen molar-refractivity contribution in [2.75, 3.05) is 26.2 Å². The molecule has 1 aliphatic rings. The van der Waals surface area contributed by atoms with E-state index in [0.717, 1.165) is 0 Å². The number of carbonyl (C=O) groups is 3. The zero-order chi connectivity index (χ0) is 17.7. The van der Waals surface area contributed by atoms with Gasteiger partial charge in [-0.05, 0) is 37.1 Å². The van der Waals surface area contributed by atoms with Gasteiger partial charge >= 0.3 is 5.97 Å². The summed E-state index contributed by atoms with van der Waals surface area (Å²) in [6.07, 6.45) is 0. The predicted octanol–water partition coefficient (Wildman–Crippen LogP) is 0.994. The molecule has 7 heteroatoms. The van der Waals surface area contributed by atoms with E-state index in [-0.39, 0.29) is 30.8 Å². The third-order valence-electron chi connectivity index (χ3n) is 4.11. The highest BCUT2D eigenvalue weighted by atomic mass is 16.5. The number of ether oxygens (including phenoxy) is 1. The Morgan fingerprint density at radius 3 is 2.46 bits per heavy atom. The molecular formula is C17H22N2O5. The number of hydrogen-bond acceptors (Lipinski definition) is 4. The van der Waals surface area contributed by atoms with Gasteiger partial charge in [0.15, 0.2) is 0 Å². The Balaban J connectivity index is 1.85. The van der Waals surface area contributed by atoms with E-state index < -0.39 is 11.9 Å². The fraction of sp³-hybridized carbons (Fsp3) is 0.471. The highest BCUT2D eigenvalue weighted by Crippen LogP contribution is 2.23. The van der Waals surface area contributed by atoms with Crippen LogP contribution in [0.2, 0.25) is 0 Å². The molecule has 24 heavy (non-hydrogen) atoms. The van der Waals surface area contributed by atoms with Crippen LogP contribution in [0.25, 0.3) is 0 Å². The van der Waals surface area contributed by atoms with E-state index in [4.69, 9.17) is 9.84 Å². The van der Waals surface area contributed by atoms with Gasteiger partial charge in [0.1, 0.15) is 5.75 Å². The Kier molecular flexibility index (Phi) is 5.78. The number of likely N-dealkylation sites (tertiary alicyclic amines) is 1. The summed E-state index contributed by atoms with van der Waals surface area (Å²) in [5.74, 6) is -1.48. The van der Waals surface area contributed by atoms with E-state index in [1.165, 1.54) is 4.90 Å². The predicted molar refractivity (Wildman–Crippen MR) is 86.8 cm³/mol. The number of hydrogen-bond donors (Lipinski definition) is 2. The van der Waals surface area contributed by atoms with Crippen LogP contribution in [0.1, 0.15) is 24.2 Å². The lowest BCUT2D eigenvalue weighted by Gasteiger charge is -2.16. The van der Waals surface area contributed by atoms with Crippen molar-refractivity contribution in [3.63, 3.8) is 0 Å². The molecule has 1 aromatic carbocycles. The molecule has 1 fully saturated rings. The molecule has 0 unspecified atom stereocenters. The summed E-state index contributed by atoms with van der Waals surface area (Å²) >= 11 is 0. The summed E-state index contributed by atoms with van der Waals surface area (Å²) in [6, 6.07) is 6.64. The van der Waals surface area contributed by atoms with Crippen molar-refractivity contribution in [2.45, 2.75) is 13.8 Å². The lowest BCUT2D eigenvalue weighted by atomic mass is 9.99. The Labute approximate surface area is 140 Å². The standard InChI is InChI=1S/C17H22N2O5/c1-3-24-13-6-4-12(5-7-13)16(21)18-8-15(20)19-9-11(2)14(10-19)17(22)23/h4-7,11,14H,3,8-10H2,1-2H3,(H,18,21)(H,22,23)/t11-,14-/m1/s1. The Morgan fingerprint density at radius 1 is 1.25 bits per heavy atom. The summed E-state index contributed by atoms with van der Waals surface area (Å²) in [6.45, 7) is 4.67. The van der Waals surface area contributed by atoms with Crippen molar-refractivity contribution in [3.8, 4) is 5.75 Å². The minimum atomic E-state index is -0.892. The van der Waals surface area contributed by atoms with Crippen LogP contribution < -0.4 is 10.1 Å². The molecule has 1 aromatic rings. The zero-order valence-corrected chi connectivity index (χ0v) is 13.8. The van der Waals surface area contributed by atoms with Gasteiger partial charge in [-0.25, -0.2) is 0 Å². The summed E-state index contributed by atoms with van der Waals surface area (Å²) < 4.78 is 5.31. The van der Waals surface area contributed by atoms with E-state index in [1.807, 2.05) is 13.8 Å². The molecule has 2 amide bonds. The van der Waals surface area contributed by atoms with Crippen molar-refractivity contribution in [1.82, 2.24) is 10.2 Å². The highest BCUT2D eigenvalue weighted by molar-refractivity contribution is 5.96. The number of rotatable bonds is 6. The molecular weight excluding hydrogens is 312 g/mol. The van der Waals surface area contributed by atoms with Crippen LogP contribution in [0.5, 0.6) is 5.75 Å². The van der Waals surface area contributed by atoms with Gasteiger partial charge in [-0.1, -0.05) is 6.92 Å². The van der Waals surface area contributed by atoms with Crippen molar-refractivity contribution < 1.29 is 24.2 Å². The van der Waals surface area contributed by atoms with E-state index >= 15 is 0 Å². The molecule has 130 valence electrons. The fourth-order valence-electron chi connectivity index (χ4n) is 2.73. The number of amides is 2. The number of carboxylic acid groups (broad SMARTS) is 1. The van der Waals surface area contributed by atoms with E-state index in [0.29, 0.717) is 24.5 Å². The van der Waals surface area contributed by atoms with Crippen LogP contribution >= 0.6 is 0 Å². The SMILES string of the molecule is CCOc1ccc(C(=O)NCC(=O)N2C[C@@H](C)[C@H](C(=O)O)C2)cc1. The monoisotopic (exact) mass is 334 g/mol. The fourth-order valence-corrected chi connectivity index (χ4v) is 2.73. The lowest BCUT2D eigenvalue weighted by molar-refractivity contribution is -0.142. The molecule has 1 heterocycles. The quantitative estimate of drug-likeness (QED) is 0.809. The minimum absolute atomic E-state index is 0.0896. The average Bonchev–Trinajstić information content (AvgIpc) is 2.95. The Bertz CT molecular complexity index is 614. The highest BCUT2D eigenvalue weighted by Gasteiger charge is 2.36.